The zero-order valence-electron chi connectivity index (χ0n) is 15.8. The standard InChI is InChI=1S/C22H19N3O2S2/c1-25(12-20-23-18-8-4-2-6-16(18)21(26)24-20)22(27)17-7-3-5-9-19(17)29-14-15-10-11-28-13-15/h2-11,13H,12,14H2,1H3,(H,23,24,26). The minimum Gasteiger partial charge on any atom is -0.334 e. The van der Waals surface area contributed by atoms with E-state index in [1.54, 1.807) is 53.2 Å². The first-order chi connectivity index (χ1) is 14.1. The van der Waals surface area contributed by atoms with Crippen LogP contribution in [0.3, 0.4) is 0 Å². The molecule has 0 unspecified atom stereocenters. The van der Waals surface area contributed by atoms with Gasteiger partial charge in [0, 0.05) is 17.7 Å². The molecule has 0 fully saturated rings. The molecular weight excluding hydrogens is 402 g/mol. The number of nitrogens with one attached hydrogen (secondary N) is 1. The predicted octanol–water partition coefficient (Wildman–Crippen LogP) is 4.55. The Hall–Kier alpha value is -2.90. The van der Waals surface area contributed by atoms with Crippen LogP contribution in [0.15, 0.2) is 75.0 Å². The lowest BCUT2D eigenvalue weighted by atomic mass is 10.2. The number of amides is 1. The van der Waals surface area contributed by atoms with Gasteiger partial charge in [0.15, 0.2) is 0 Å². The first-order valence-corrected chi connectivity index (χ1v) is 11.0. The van der Waals surface area contributed by atoms with Crippen molar-refractivity contribution >= 4 is 39.9 Å². The van der Waals surface area contributed by atoms with Crippen molar-refractivity contribution < 1.29 is 4.79 Å². The number of hydrogen-bond donors (Lipinski definition) is 1. The maximum atomic E-state index is 13.1. The topological polar surface area (TPSA) is 66.1 Å². The van der Waals surface area contributed by atoms with Crippen molar-refractivity contribution in [1.29, 1.82) is 0 Å². The van der Waals surface area contributed by atoms with Crippen molar-refractivity contribution in [3.05, 3.63) is 92.7 Å². The molecule has 0 aliphatic carbocycles. The highest BCUT2D eigenvalue weighted by molar-refractivity contribution is 7.98. The van der Waals surface area contributed by atoms with Gasteiger partial charge in [-0.05, 0) is 46.7 Å². The van der Waals surface area contributed by atoms with Crippen LogP contribution in [-0.2, 0) is 12.3 Å². The summed E-state index contributed by atoms with van der Waals surface area (Å²) in [6, 6.07) is 16.9. The predicted molar refractivity (Wildman–Crippen MR) is 118 cm³/mol. The Kier molecular flexibility index (Phi) is 5.78. The molecule has 0 atom stereocenters. The first kappa shape index (κ1) is 19.4. The first-order valence-electron chi connectivity index (χ1n) is 9.08. The molecule has 0 spiro atoms. The lowest BCUT2D eigenvalue weighted by Gasteiger charge is -2.18. The van der Waals surface area contributed by atoms with E-state index < -0.39 is 0 Å². The van der Waals surface area contributed by atoms with E-state index in [0.29, 0.717) is 22.3 Å². The second-order valence-electron chi connectivity index (χ2n) is 6.61. The summed E-state index contributed by atoms with van der Waals surface area (Å²) in [4.78, 5) is 35.1. The van der Waals surface area contributed by atoms with Gasteiger partial charge in [0.1, 0.15) is 5.82 Å². The number of hydrogen-bond acceptors (Lipinski definition) is 5. The molecule has 0 bridgehead atoms. The summed E-state index contributed by atoms with van der Waals surface area (Å²) in [5, 5.41) is 4.71. The lowest BCUT2D eigenvalue weighted by Crippen LogP contribution is -2.28. The number of aromatic nitrogens is 2. The van der Waals surface area contributed by atoms with Crippen molar-refractivity contribution in [2.75, 3.05) is 7.05 Å². The quantitative estimate of drug-likeness (QED) is 0.464. The molecule has 0 radical (unpaired) electrons. The number of aromatic amines is 1. The molecule has 0 saturated heterocycles. The summed E-state index contributed by atoms with van der Waals surface area (Å²) in [6.07, 6.45) is 0. The SMILES string of the molecule is CN(Cc1nc2ccccc2c(=O)[nH]1)C(=O)c1ccccc1SCc1ccsc1. The molecule has 1 N–H and O–H groups in total. The molecule has 0 aliphatic rings. The third-order valence-corrected chi connectivity index (χ3v) is 6.36. The number of benzene rings is 2. The van der Waals surface area contributed by atoms with Gasteiger partial charge < -0.3 is 9.88 Å². The van der Waals surface area contributed by atoms with Crippen LogP contribution in [0.25, 0.3) is 10.9 Å². The van der Waals surface area contributed by atoms with Crippen molar-refractivity contribution in [3.63, 3.8) is 0 Å². The Labute approximate surface area is 176 Å². The van der Waals surface area contributed by atoms with Gasteiger partial charge in [-0.2, -0.15) is 11.3 Å². The highest BCUT2D eigenvalue weighted by Gasteiger charge is 2.17. The monoisotopic (exact) mass is 421 g/mol. The highest BCUT2D eigenvalue weighted by Crippen LogP contribution is 2.28. The van der Waals surface area contributed by atoms with Crippen LogP contribution < -0.4 is 5.56 Å². The fourth-order valence-electron chi connectivity index (χ4n) is 3.02. The Morgan fingerprint density at radius 3 is 2.76 bits per heavy atom. The molecule has 0 saturated carbocycles. The Balaban J connectivity index is 1.53. The molecular formula is C22H19N3O2S2. The molecule has 1 amide bonds. The maximum Gasteiger partial charge on any atom is 0.258 e. The van der Waals surface area contributed by atoms with E-state index in [0.717, 1.165) is 10.6 Å². The number of fused-ring (bicyclic) bond motifs is 1. The van der Waals surface area contributed by atoms with Gasteiger partial charge in [0.2, 0.25) is 0 Å². The minimum atomic E-state index is -0.196. The minimum absolute atomic E-state index is 0.103. The van der Waals surface area contributed by atoms with Gasteiger partial charge in [-0.15, -0.1) is 11.8 Å². The number of carbonyl (C=O) groups is 1. The summed E-state index contributed by atoms with van der Waals surface area (Å²) >= 11 is 3.32. The van der Waals surface area contributed by atoms with Crippen LogP contribution in [0.1, 0.15) is 21.7 Å². The number of carbonyl (C=O) groups excluding carboxylic acids is 1. The molecule has 2 heterocycles. The summed E-state index contributed by atoms with van der Waals surface area (Å²) in [7, 11) is 1.72. The fourth-order valence-corrected chi connectivity index (χ4v) is 4.78. The van der Waals surface area contributed by atoms with Crippen molar-refractivity contribution in [2.24, 2.45) is 0 Å². The number of nitrogens with zero attached hydrogens (tertiary/aromatic N) is 2. The zero-order chi connectivity index (χ0) is 20.2. The molecule has 4 aromatic rings. The molecule has 5 nitrogen and oxygen atoms in total. The molecule has 146 valence electrons. The van der Waals surface area contributed by atoms with Crippen LogP contribution in [0, 0.1) is 0 Å². The second kappa shape index (κ2) is 8.63. The average Bonchev–Trinajstić information content (AvgIpc) is 3.25. The van der Waals surface area contributed by atoms with Gasteiger partial charge >= 0.3 is 0 Å². The summed E-state index contributed by atoms with van der Waals surface area (Å²) in [6.45, 7) is 0.225. The number of rotatable bonds is 6. The molecule has 29 heavy (non-hydrogen) atoms. The smallest absolute Gasteiger partial charge is 0.258 e. The van der Waals surface area contributed by atoms with Crippen LogP contribution in [0.2, 0.25) is 0 Å². The largest absolute Gasteiger partial charge is 0.334 e. The lowest BCUT2D eigenvalue weighted by molar-refractivity contribution is 0.0778. The number of thiophene rings is 1. The highest BCUT2D eigenvalue weighted by atomic mass is 32.2. The van der Waals surface area contributed by atoms with Crippen LogP contribution in [0.4, 0.5) is 0 Å². The second-order valence-corrected chi connectivity index (χ2v) is 8.40. The van der Waals surface area contributed by atoms with E-state index in [1.165, 1.54) is 5.56 Å². The van der Waals surface area contributed by atoms with Crippen molar-refractivity contribution in [1.82, 2.24) is 14.9 Å². The molecule has 0 aliphatic heterocycles. The van der Waals surface area contributed by atoms with Gasteiger partial charge in [-0.1, -0.05) is 24.3 Å². The normalized spacial score (nSPS) is 10.9. The van der Waals surface area contributed by atoms with Gasteiger partial charge in [0.05, 0.1) is 23.0 Å². The van der Waals surface area contributed by atoms with E-state index in [9.17, 15) is 9.59 Å². The van der Waals surface area contributed by atoms with E-state index in [1.807, 2.05) is 30.3 Å². The van der Waals surface area contributed by atoms with Crippen LogP contribution >= 0.6 is 23.1 Å². The third kappa shape index (κ3) is 4.41. The van der Waals surface area contributed by atoms with Gasteiger partial charge in [-0.3, -0.25) is 9.59 Å². The average molecular weight is 422 g/mol. The van der Waals surface area contributed by atoms with Crippen LogP contribution in [-0.4, -0.2) is 27.8 Å². The summed E-state index contributed by atoms with van der Waals surface area (Å²) in [5.41, 5.74) is 2.32. The van der Waals surface area contributed by atoms with E-state index >= 15 is 0 Å². The summed E-state index contributed by atoms with van der Waals surface area (Å²) < 4.78 is 0. The zero-order valence-corrected chi connectivity index (χ0v) is 17.4. The van der Waals surface area contributed by atoms with Crippen molar-refractivity contribution in [3.8, 4) is 0 Å². The fraction of sp³-hybridized carbons (Fsp3) is 0.136. The van der Waals surface area contributed by atoms with E-state index in [2.05, 4.69) is 26.8 Å². The summed E-state index contributed by atoms with van der Waals surface area (Å²) in [5.74, 6) is 1.18. The van der Waals surface area contributed by atoms with Gasteiger partial charge in [0.25, 0.3) is 11.5 Å². The third-order valence-electron chi connectivity index (χ3n) is 4.49. The van der Waals surface area contributed by atoms with Gasteiger partial charge in [-0.25, -0.2) is 4.98 Å². The maximum absolute atomic E-state index is 13.1. The Morgan fingerprint density at radius 2 is 1.93 bits per heavy atom. The Bertz CT molecular complexity index is 1200. The molecule has 4 rings (SSSR count). The number of para-hydroxylation sites is 1. The molecule has 7 heteroatoms. The molecule has 2 aromatic heterocycles. The molecule has 2 aromatic carbocycles. The number of H-pyrrole nitrogens is 1. The number of thioether (sulfide) groups is 1. The van der Waals surface area contributed by atoms with Crippen LogP contribution in [0.5, 0.6) is 0 Å². The van der Waals surface area contributed by atoms with Crippen molar-refractivity contribution in [2.45, 2.75) is 17.2 Å². The Morgan fingerprint density at radius 1 is 1.14 bits per heavy atom. The van der Waals surface area contributed by atoms with E-state index in [-0.39, 0.29) is 18.0 Å². The van der Waals surface area contributed by atoms with E-state index in [4.69, 9.17) is 0 Å².